The van der Waals surface area contributed by atoms with Crippen molar-refractivity contribution >= 4 is 5.69 Å². The van der Waals surface area contributed by atoms with Gasteiger partial charge in [-0.2, -0.15) is 0 Å². The number of benzene rings is 1. The maximum absolute atomic E-state index is 9.99. The number of para-hydroxylation sites is 1. The summed E-state index contributed by atoms with van der Waals surface area (Å²) in [6.45, 7) is 1.01. The zero-order valence-electron chi connectivity index (χ0n) is 10.7. The van der Waals surface area contributed by atoms with Crippen LogP contribution < -0.4 is 10.1 Å². The number of ether oxygens (including phenoxy) is 1. The van der Waals surface area contributed by atoms with E-state index in [0.717, 1.165) is 50.1 Å². The number of hydrogen-bond acceptors (Lipinski definition) is 3. The van der Waals surface area contributed by atoms with E-state index >= 15 is 0 Å². The molecular weight excluding hydrogens is 226 g/mol. The monoisotopic (exact) mass is 247 g/mol. The van der Waals surface area contributed by atoms with E-state index in [-0.39, 0.29) is 12.2 Å². The Kier molecular flexibility index (Phi) is 3.41. The smallest absolute Gasteiger partial charge is 0.143 e. The van der Waals surface area contributed by atoms with Crippen LogP contribution in [0.5, 0.6) is 5.75 Å². The molecule has 0 amide bonds. The number of rotatable bonds is 2. The van der Waals surface area contributed by atoms with Crippen molar-refractivity contribution in [2.45, 2.75) is 50.7 Å². The summed E-state index contributed by atoms with van der Waals surface area (Å²) >= 11 is 0. The maximum atomic E-state index is 9.99. The Morgan fingerprint density at radius 3 is 2.94 bits per heavy atom. The van der Waals surface area contributed by atoms with Crippen LogP contribution in [0.15, 0.2) is 18.2 Å². The minimum absolute atomic E-state index is 0.0334. The molecule has 2 atom stereocenters. The fourth-order valence-electron chi connectivity index (χ4n) is 2.95. The van der Waals surface area contributed by atoms with Crippen molar-refractivity contribution in [3.05, 3.63) is 23.8 Å². The Morgan fingerprint density at radius 2 is 2.06 bits per heavy atom. The van der Waals surface area contributed by atoms with Crippen LogP contribution in [0.25, 0.3) is 0 Å². The lowest BCUT2D eigenvalue weighted by molar-refractivity contribution is 0.00719. The molecule has 0 bridgehead atoms. The fourth-order valence-corrected chi connectivity index (χ4v) is 2.95. The van der Waals surface area contributed by atoms with Crippen LogP contribution in [0, 0.1) is 0 Å². The van der Waals surface area contributed by atoms with E-state index in [2.05, 4.69) is 17.4 Å². The number of anilines is 1. The third kappa shape index (κ3) is 2.32. The zero-order valence-corrected chi connectivity index (χ0v) is 10.7. The SMILES string of the molecule is OC1CCCCC1Oc1cccc2c1NCCC2. The van der Waals surface area contributed by atoms with Gasteiger partial charge in [-0.3, -0.25) is 0 Å². The van der Waals surface area contributed by atoms with E-state index in [4.69, 9.17) is 4.74 Å². The van der Waals surface area contributed by atoms with Gasteiger partial charge in [0.15, 0.2) is 0 Å². The highest BCUT2D eigenvalue weighted by Gasteiger charge is 2.26. The summed E-state index contributed by atoms with van der Waals surface area (Å²) in [5, 5.41) is 13.4. The van der Waals surface area contributed by atoms with Crippen molar-refractivity contribution in [3.8, 4) is 5.75 Å². The maximum Gasteiger partial charge on any atom is 0.143 e. The molecule has 0 saturated heterocycles. The van der Waals surface area contributed by atoms with Crippen LogP contribution in [0.4, 0.5) is 5.69 Å². The number of nitrogens with one attached hydrogen (secondary N) is 1. The minimum atomic E-state index is -0.307. The highest BCUT2D eigenvalue weighted by Crippen LogP contribution is 2.34. The van der Waals surface area contributed by atoms with Gasteiger partial charge in [0.05, 0.1) is 11.8 Å². The zero-order chi connectivity index (χ0) is 12.4. The number of aliphatic hydroxyl groups is 1. The third-order valence-electron chi connectivity index (χ3n) is 3.98. The lowest BCUT2D eigenvalue weighted by atomic mass is 9.94. The first-order valence-corrected chi connectivity index (χ1v) is 7.05. The summed E-state index contributed by atoms with van der Waals surface area (Å²) in [7, 11) is 0. The van der Waals surface area contributed by atoms with E-state index < -0.39 is 0 Å². The number of fused-ring (bicyclic) bond motifs is 1. The minimum Gasteiger partial charge on any atom is -0.486 e. The van der Waals surface area contributed by atoms with Crippen molar-refractivity contribution in [1.29, 1.82) is 0 Å². The largest absolute Gasteiger partial charge is 0.486 e. The van der Waals surface area contributed by atoms with E-state index in [9.17, 15) is 5.11 Å². The first-order valence-electron chi connectivity index (χ1n) is 7.05. The van der Waals surface area contributed by atoms with Crippen molar-refractivity contribution < 1.29 is 9.84 Å². The van der Waals surface area contributed by atoms with Crippen LogP contribution in [-0.4, -0.2) is 23.9 Å². The van der Waals surface area contributed by atoms with Crippen molar-refractivity contribution in [2.75, 3.05) is 11.9 Å². The molecule has 2 unspecified atom stereocenters. The Bertz CT molecular complexity index is 419. The van der Waals surface area contributed by atoms with E-state index in [1.54, 1.807) is 0 Å². The number of aryl methyl sites for hydroxylation is 1. The second kappa shape index (κ2) is 5.19. The highest BCUT2D eigenvalue weighted by atomic mass is 16.5. The molecule has 0 spiro atoms. The molecule has 98 valence electrons. The summed E-state index contributed by atoms with van der Waals surface area (Å²) in [6, 6.07) is 6.22. The topological polar surface area (TPSA) is 41.5 Å². The van der Waals surface area contributed by atoms with Gasteiger partial charge in [-0.15, -0.1) is 0 Å². The van der Waals surface area contributed by atoms with Crippen LogP contribution in [0.3, 0.4) is 0 Å². The normalized spacial score (nSPS) is 27.2. The highest BCUT2D eigenvalue weighted by molar-refractivity contribution is 5.63. The van der Waals surface area contributed by atoms with Gasteiger partial charge in [0.2, 0.25) is 0 Å². The molecule has 3 nitrogen and oxygen atoms in total. The van der Waals surface area contributed by atoms with Gasteiger partial charge in [-0.05, 0) is 43.7 Å². The molecule has 1 fully saturated rings. The summed E-state index contributed by atoms with van der Waals surface area (Å²) in [5.74, 6) is 0.915. The number of hydrogen-bond donors (Lipinski definition) is 2. The molecule has 1 heterocycles. The molecule has 3 rings (SSSR count). The van der Waals surface area contributed by atoms with Crippen molar-refractivity contribution in [3.63, 3.8) is 0 Å². The average Bonchev–Trinajstić information content (AvgIpc) is 2.42. The summed E-state index contributed by atoms with van der Waals surface area (Å²) < 4.78 is 6.05. The third-order valence-corrected chi connectivity index (χ3v) is 3.98. The van der Waals surface area contributed by atoms with E-state index in [1.165, 1.54) is 12.0 Å². The van der Waals surface area contributed by atoms with Crippen LogP contribution in [0.1, 0.15) is 37.7 Å². The van der Waals surface area contributed by atoms with Gasteiger partial charge in [0.25, 0.3) is 0 Å². The Morgan fingerprint density at radius 1 is 1.17 bits per heavy atom. The molecule has 1 aromatic rings. The van der Waals surface area contributed by atoms with Crippen LogP contribution >= 0.6 is 0 Å². The summed E-state index contributed by atoms with van der Waals surface area (Å²) in [4.78, 5) is 0. The van der Waals surface area contributed by atoms with Crippen LogP contribution in [0.2, 0.25) is 0 Å². The predicted molar refractivity (Wildman–Crippen MR) is 72.1 cm³/mol. The van der Waals surface area contributed by atoms with Gasteiger partial charge in [-0.1, -0.05) is 18.6 Å². The molecule has 2 N–H and O–H groups in total. The van der Waals surface area contributed by atoms with E-state index in [0.29, 0.717) is 0 Å². The van der Waals surface area contributed by atoms with Gasteiger partial charge in [-0.25, -0.2) is 0 Å². The molecule has 1 saturated carbocycles. The molecule has 1 aromatic carbocycles. The molecule has 3 heteroatoms. The van der Waals surface area contributed by atoms with Gasteiger partial charge in [0.1, 0.15) is 11.9 Å². The van der Waals surface area contributed by atoms with Gasteiger partial charge in [0, 0.05) is 6.54 Å². The fraction of sp³-hybridized carbons (Fsp3) is 0.600. The summed E-state index contributed by atoms with van der Waals surface area (Å²) in [5.41, 5.74) is 2.48. The summed E-state index contributed by atoms with van der Waals surface area (Å²) in [6.07, 6.45) is 6.07. The molecule has 1 aliphatic carbocycles. The van der Waals surface area contributed by atoms with Gasteiger partial charge < -0.3 is 15.2 Å². The molecule has 0 radical (unpaired) electrons. The first kappa shape index (κ1) is 11.8. The van der Waals surface area contributed by atoms with Gasteiger partial charge >= 0.3 is 0 Å². The molecule has 1 aliphatic heterocycles. The second-order valence-electron chi connectivity index (χ2n) is 5.33. The average molecular weight is 247 g/mol. The molecule has 0 aromatic heterocycles. The van der Waals surface area contributed by atoms with E-state index in [1.807, 2.05) is 6.07 Å². The number of aliphatic hydroxyl groups excluding tert-OH is 1. The molecular formula is C15H21NO2. The lowest BCUT2D eigenvalue weighted by Gasteiger charge is -2.30. The molecule has 2 aliphatic rings. The Balaban J connectivity index is 1.79. The first-order chi connectivity index (χ1) is 8.84. The quantitative estimate of drug-likeness (QED) is 0.844. The lowest BCUT2D eigenvalue weighted by Crippen LogP contribution is -2.35. The Hall–Kier alpha value is -1.22. The van der Waals surface area contributed by atoms with Crippen LogP contribution in [-0.2, 0) is 6.42 Å². The van der Waals surface area contributed by atoms with Crippen molar-refractivity contribution in [1.82, 2.24) is 0 Å². The standard InChI is InChI=1S/C15H21NO2/c17-12-7-1-2-8-13(12)18-14-9-3-5-11-6-4-10-16-15(11)14/h3,5,9,12-13,16-17H,1-2,4,6-8,10H2. The predicted octanol–water partition coefficient (Wildman–Crippen LogP) is 2.73. The second-order valence-corrected chi connectivity index (χ2v) is 5.33. The molecule has 18 heavy (non-hydrogen) atoms. The van der Waals surface area contributed by atoms with Crippen molar-refractivity contribution in [2.24, 2.45) is 0 Å². The Labute approximate surface area is 108 Å².